The van der Waals surface area contributed by atoms with E-state index in [2.05, 4.69) is 32.0 Å². The normalized spacial score (nSPS) is 21.3. The number of anilines is 1. The third-order valence-corrected chi connectivity index (χ3v) is 3.24. The zero-order valence-corrected chi connectivity index (χ0v) is 10.7. The van der Waals surface area contributed by atoms with Crippen molar-refractivity contribution in [3.63, 3.8) is 0 Å². The molecular formula is C10H16BrN3O. The monoisotopic (exact) mass is 273 g/mol. The lowest BCUT2D eigenvalue weighted by Gasteiger charge is -2.25. The molecule has 1 atom stereocenters. The summed E-state index contributed by atoms with van der Waals surface area (Å²) in [6, 6.07) is 2.56. The van der Waals surface area contributed by atoms with E-state index in [0.29, 0.717) is 6.04 Å². The van der Waals surface area contributed by atoms with Crippen molar-refractivity contribution in [3.8, 4) is 0 Å². The van der Waals surface area contributed by atoms with Gasteiger partial charge in [-0.15, -0.1) is 0 Å². The number of halogens is 1. The highest BCUT2D eigenvalue weighted by Gasteiger charge is 2.26. The summed E-state index contributed by atoms with van der Waals surface area (Å²) in [6.45, 7) is 1.89. The van der Waals surface area contributed by atoms with Gasteiger partial charge >= 0.3 is 0 Å². The van der Waals surface area contributed by atoms with Crippen molar-refractivity contribution in [3.05, 3.63) is 10.7 Å². The van der Waals surface area contributed by atoms with Crippen LogP contribution in [-0.2, 0) is 11.8 Å². The molecule has 84 valence electrons. The molecule has 0 saturated carbocycles. The third-order valence-electron chi connectivity index (χ3n) is 2.86. The molecule has 2 heterocycles. The molecule has 1 saturated heterocycles. The van der Waals surface area contributed by atoms with E-state index in [1.165, 1.54) is 18.7 Å². The average Bonchev–Trinajstić information content (AvgIpc) is 2.73. The van der Waals surface area contributed by atoms with Gasteiger partial charge in [-0.1, -0.05) is 0 Å². The van der Waals surface area contributed by atoms with Crippen molar-refractivity contribution in [2.45, 2.75) is 18.9 Å². The van der Waals surface area contributed by atoms with Gasteiger partial charge in [0.15, 0.2) is 0 Å². The Hall–Kier alpha value is -0.550. The van der Waals surface area contributed by atoms with Crippen LogP contribution in [0.5, 0.6) is 0 Å². The molecule has 0 bridgehead atoms. The van der Waals surface area contributed by atoms with Crippen LogP contribution in [0.3, 0.4) is 0 Å². The fourth-order valence-corrected chi connectivity index (χ4v) is 2.64. The maximum atomic E-state index is 5.24. The molecule has 0 unspecified atom stereocenters. The summed E-state index contributed by atoms with van der Waals surface area (Å²) in [5.74, 6) is 1.17. The van der Waals surface area contributed by atoms with Crippen LogP contribution in [0.1, 0.15) is 12.8 Å². The van der Waals surface area contributed by atoms with Crippen molar-refractivity contribution < 1.29 is 4.74 Å². The van der Waals surface area contributed by atoms with Crippen molar-refractivity contribution in [2.75, 3.05) is 25.2 Å². The molecular weight excluding hydrogens is 258 g/mol. The lowest BCUT2D eigenvalue weighted by molar-refractivity contribution is 0.180. The minimum absolute atomic E-state index is 0.497. The number of aryl methyl sites for hydroxylation is 1. The van der Waals surface area contributed by atoms with Crippen LogP contribution in [0.4, 0.5) is 5.82 Å². The summed E-state index contributed by atoms with van der Waals surface area (Å²) < 4.78 is 8.05. The van der Waals surface area contributed by atoms with E-state index in [0.717, 1.165) is 17.8 Å². The Labute approximate surface area is 98.3 Å². The lowest BCUT2D eigenvalue weighted by atomic mass is 10.2. The van der Waals surface area contributed by atoms with Gasteiger partial charge in [-0.25, -0.2) is 0 Å². The quantitative estimate of drug-likeness (QED) is 0.842. The molecule has 1 fully saturated rings. The van der Waals surface area contributed by atoms with E-state index in [1.807, 2.05) is 11.7 Å². The van der Waals surface area contributed by atoms with E-state index >= 15 is 0 Å². The standard InChI is InChI=1S/C10H16BrN3O/c1-13-10(6-9(11)12-13)14-5-3-4-8(14)7-15-2/h6,8H,3-5,7H2,1-2H3/t8-/m0/s1. The summed E-state index contributed by atoms with van der Waals surface area (Å²) in [5.41, 5.74) is 0. The maximum Gasteiger partial charge on any atom is 0.130 e. The lowest BCUT2D eigenvalue weighted by Crippen LogP contribution is -2.34. The zero-order chi connectivity index (χ0) is 10.8. The Kier molecular flexibility index (Phi) is 3.31. The molecule has 0 amide bonds. The second-order valence-electron chi connectivity index (χ2n) is 3.89. The van der Waals surface area contributed by atoms with Crippen molar-refractivity contribution in [1.82, 2.24) is 9.78 Å². The second kappa shape index (κ2) is 4.53. The Morgan fingerprint density at radius 3 is 3.07 bits per heavy atom. The van der Waals surface area contributed by atoms with Gasteiger partial charge in [-0.2, -0.15) is 5.10 Å². The highest BCUT2D eigenvalue weighted by atomic mass is 79.9. The van der Waals surface area contributed by atoms with Gasteiger partial charge in [0.1, 0.15) is 10.4 Å². The summed E-state index contributed by atoms with van der Waals surface area (Å²) in [6.07, 6.45) is 2.44. The van der Waals surface area contributed by atoms with E-state index in [4.69, 9.17) is 4.74 Å². The van der Waals surface area contributed by atoms with Crippen LogP contribution < -0.4 is 4.90 Å². The Morgan fingerprint density at radius 2 is 2.47 bits per heavy atom. The van der Waals surface area contributed by atoms with Gasteiger partial charge in [0.25, 0.3) is 0 Å². The topological polar surface area (TPSA) is 30.3 Å². The first-order valence-corrected chi connectivity index (χ1v) is 5.97. The third kappa shape index (κ3) is 2.18. The van der Waals surface area contributed by atoms with E-state index in [1.54, 1.807) is 7.11 Å². The molecule has 0 spiro atoms. The van der Waals surface area contributed by atoms with Gasteiger partial charge in [-0.3, -0.25) is 4.68 Å². The fourth-order valence-electron chi connectivity index (χ4n) is 2.20. The highest BCUT2D eigenvalue weighted by Crippen LogP contribution is 2.27. The minimum Gasteiger partial charge on any atom is -0.383 e. The smallest absolute Gasteiger partial charge is 0.130 e. The zero-order valence-electron chi connectivity index (χ0n) is 9.11. The molecule has 1 aliphatic heterocycles. The number of aromatic nitrogens is 2. The first kappa shape index (κ1) is 11.0. The van der Waals surface area contributed by atoms with E-state index in [9.17, 15) is 0 Å². The number of nitrogens with zero attached hydrogens (tertiary/aromatic N) is 3. The molecule has 1 aromatic rings. The predicted molar refractivity (Wildman–Crippen MR) is 63.2 cm³/mol. The van der Waals surface area contributed by atoms with Gasteiger partial charge < -0.3 is 9.64 Å². The molecule has 15 heavy (non-hydrogen) atoms. The molecule has 2 rings (SSSR count). The molecule has 4 nitrogen and oxygen atoms in total. The number of methoxy groups -OCH3 is 1. The first-order valence-electron chi connectivity index (χ1n) is 5.17. The van der Waals surface area contributed by atoms with E-state index < -0.39 is 0 Å². The number of rotatable bonds is 3. The van der Waals surface area contributed by atoms with Gasteiger partial charge in [-0.05, 0) is 28.8 Å². The Balaban J connectivity index is 2.18. The number of ether oxygens (including phenoxy) is 1. The second-order valence-corrected chi connectivity index (χ2v) is 4.71. The largest absolute Gasteiger partial charge is 0.383 e. The van der Waals surface area contributed by atoms with Gasteiger partial charge in [0.2, 0.25) is 0 Å². The van der Waals surface area contributed by atoms with Crippen LogP contribution in [0.2, 0.25) is 0 Å². The van der Waals surface area contributed by atoms with Crippen LogP contribution in [0, 0.1) is 0 Å². The highest BCUT2D eigenvalue weighted by molar-refractivity contribution is 9.10. The molecule has 1 aliphatic rings. The van der Waals surface area contributed by atoms with Crippen LogP contribution in [-0.4, -0.2) is 36.1 Å². The first-order chi connectivity index (χ1) is 7.22. The minimum atomic E-state index is 0.497. The SMILES string of the molecule is COC[C@@H]1CCCN1c1cc(Br)nn1C. The molecule has 5 heteroatoms. The molecule has 0 aliphatic carbocycles. The maximum absolute atomic E-state index is 5.24. The Morgan fingerprint density at radius 1 is 1.67 bits per heavy atom. The number of hydrogen-bond acceptors (Lipinski definition) is 3. The number of hydrogen-bond donors (Lipinski definition) is 0. The molecule has 1 aromatic heterocycles. The molecule has 0 aromatic carbocycles. The average molecular weight is 274 g/mol. The summed E-state index contributed by atoms with van der Waals surface area (Å²) in [4.78, 5) is 2.38. The molecule has 0 radical (unpaired) electrons. The van der Waals surface area contributed by atoms with Crippen LogP contribution >= 0.6 is 15.9 Å². The summed E-state index contributed by atoms with van der Waals surface area (Å²) in [5, 5.41) is 4.30. The Bertz CT molecular complexity index is 339. The fraction of sp³-hybridized carbons (Fsp3) is 0.700. The van der Waals surface area contributed by atoms with Crippen molar-refractivity contribution >= 4 is 21.7 Å². The summed E-state index contributed by atoms with van der Waals surface area (Å²) >= 11 is 3.40. The van der Waals surface area contributed by atoms with Gasteiger partial charge in [0.05, 0.1) is 12.6 Å². The van der Waals surface area contributed by atoms with E-state index in [-0.39, 0.29) is 0 Å². The van der Waals surface area contributed by atoms with Gasteiger partial charge in [0, 0.05) is 26.8 Å². The predicted octanol–water partition coefficient (Wildman–Crippen LogP) is 1.80. The van der Waals surface area contributed by atoms with Crippen molar-refractivity contribution in [2.24, 2.45) is 7.05 Å². The van der Waals surface area contributed by atoms with Crippen molar-refractivity contribution in [1.29, 1.82) is 0 Å². The van der Waals surface area contributed by atoms with Crippen LogP contribution in [0.25, 0.3) is 0 Å². The summed E-state index contributed by atoms with van der Waals surface area (Å²) in [7, 11) is 3.73. The molecule has 0 N–H and O–H groups in total. The van der Waals surface area contributed by atoms with Crippen LogP contribution in [0.15, 0.2) is 10.7 Å².